The molecule has 0 atom stereocenters. The van der Waals surface area contributed by atoms with Crippen molar-refractivity contribution in [3.63, 3.8) is 0 Å². The van der Waals surface area contributed by atoms with Crippen molar-refractivity contribution in [1.82, 2.24) is 4.90 Å². The molecule has 0 saturated carbocycles. The average molecular weight is 534 g/mol. The zero-order valence-electron chi connectivity index (χ0n) is 19.7. The van der Waals surface area contributed by atoms with Gasteiger partial charge < -0.3 is 9.47 Å². The molecular weight excluding hydrogens is 513 g/mol. The molecule has 4 aromatic rings. The number of thioether (sulfide) groups is 1. The molecule has 0 N–H and O–H groups in total. The first-order chi connectivity index (χ1) is 17.9. The summed E-state index contributed by atoms with van der Waals surface area (Å²) in [6.45, 7) is 0.291. The number of carbonyl (C=O) groups excluding carboxylic acids is 2. The number of imide groups is 1. The lowest BCUT2D eigenvalue weighted by molar-refractivity contribution is -0.123. The molecule has 5 rings (SSSR count). The number of hydrogen-bond acceptors (Lipinski definition) is 5. The normalized spacial score (nSPS) is 14.6. The SMILES string of the molecule is COc1ccc(/C=C2\SC(=O)N(Cc3ccc(F)cc3Cl)C2=O)cc1OCc1cccc2ccccc12. The number of rotatable bonds is 7. The summed E-state index contributed by atoms with van der Waals surface area (Å²) >= 11 is 6.93. The molecule has 0 bridgehead atoms. The van der Waals surface area contributed by atoms with Crippen molar-refractivity contribution in [1.29, 1.82) is 0 Å². The van der Waals surface area contributed by atoms with Gasteiger partial charge in [-0.3, -0.25) is 14.5 Å². The fourth-order valence-electron chi connectivity index (χ4n) is 4.08. The fraction of sp³-hybridized carbons (Fsp3) is 0.103. The van der Waals surface area contributed by atoms with Gasteiger partial charge in [0.1, 0.15) is 12.4 Å². The highest BCUT2D eigenvalue weighted by atomic mass is 35.5. The smallest absolute Gasteiger partial charge is 0.293 e. The monoisotopic (exact) mass is 533 g/mol. The van der Waals surface area contributed by atoms with Gasteiger partial charge in [-0.1, -0.05) is 66.2 Å². The van der Waals surface area contributed by atoms with Crippen LogP contribution in [0.5, 0.6) is 11.5 Å². The van der Waals surface area contributed by atoms with Crippen LogP contribution in [-0.4, -0.2) is 23.2 Å². The van der Waals surface area contributed by atoms with E-state index in [-0.39, 0.29) is 16.5 Å². The van der Waals surface area contributed by atoms with Crippen LogP contribution in [0.1, 0.15) is 16.7 Å². The van der Waals surface area contributed by atoms with Gasteiger partial charge in [0, 0.05) is 5.02 Å². The average Bonchev–Trinajstić information content (AvgIpc) is 3.16. The second kappa shape index (κ2) is 10.7. The number of carbonyl (C=O) groups is 2. The number of ether oxygens (including phenoxy) is 2. The highest BCUT2D eigenvalue weighted by molar-refractivity contribution is 8.18. The van der Waals surface area contributed by atoms with Gasteiger partial charge in [-0.05, 0) is 69.6 Å². The highest BCUT2D eigenvalue weighted by Gasteiger charge is 2.35. The molecule has 2 amide bonds. The minimum atomic E-state index is -0.485. The second-order valence-electron chi connectivity index (χ2n) is 8.34. The van der Waals surface area contributed by atoms with E-state index in [1.807, 2.05) is 24.3 Å². The number of methoxy groups -OCH3 is 1. The molecule has 1 aliphatic rings. The fourth-order valence-corrected chi connectivity index (χ4v) is 5.14. The van der Waals surface area contributed by atoms with Crippen LogP contribution in [0.3, 0.4) is 0 Å². The van der Waals surface area contributed by atoms with Gasteiger partial charge in [0.15, 0.2) is 11.5 Å². The van der Waals surface area contributed by atoms with E-state index in [4.69, 9.17) is 21.1 Å². The predicted octanol–water partition coefficient (Wildman–Crippen LogP) is 7.46. The first-order valence-electron chi connectivity index (χ1n) is 11.4. The molecule has 0 radical (unpaired) electrons. The van der Waals surface area contributed by atoms with Gasteiger partial charge in [-0.2, -0.15) is 0 Å². The number of hydrogen-bond donors (Lipinski definition) is 0. The first-order valence-corrected chi connectivity index (χ1v) is 12.6. The van der Waals surface area contributed by atoms with Gasteiger partial charge >= 0.3 is 0 Å². The Kier molecular flexibility index (Phi) is 7.17. The maximum Gasteiger partial charge on any atom is 0.293 e. The van der Waals surface area contributed by atoms with E-state index in [1.165, 1.54) is 12.1 Å². The third kappa shape index (κ3) is 5.33. The first kappa shape index (κ1) is 24.9. The summed E-state index contributed by atoms with van der Waals surface area (Å²) in [6.07, 6.45) is 1.64. The van der Waals surface area contributed by atoms with Crippen LogP contribution in [0, 0.1) is 5.82 Å². The molecule has 0 spiro atoms. The Bertz CT molecular complexity index is 1550. The Balaban J connectivity index is 1.36. The molecule has 4 aromatic carbocycles. The molecule has 0 unspecified atom stereocenters. The third-order valence-electron chi connectivity index (χ3n) is 5.97. The molecule has 1 fully saturated rings. The molecule has 37 heavy (non-hydrogen) atoms. The molecule has 5 nitrogen and oxygen atoms in total. The molecule has 1 saturated heterocycles. The Labute approximate surface area is 222 Å². The van der Waals surface area contributed by atoms with Crippen molar-refractivity contribution in [2.75, 3.05) is 7.11 Å². The number of amides is 2. The van der Waals surface area contributed by atoms with E-state index in [1.54, 1.807) is 31.4 Å². The lowest BCUT2D eigenvalue weighted by Gasteiger charge is -2.14. The van der Waals surface area contributed by atoms with Crippen LogP contribution in [0.2, 0.25) is 5.02 Å². The second-order valence-corrected chi connectivity index (χ2v) is 9.74. The van der Waals surface area contributed by atoms with E-state index >= 15 is 0 Å². The summed E-state index contributed by atoms with van der Waals surface area (Å²) in [6, 6.07) is 23.3. The Morgan fingerprint density at radius 1 is 0.946 bits per heavy atom. The van der Waals surface area contributed by atoms with Gasteiger partial charge in [-0.25, -0.2) is 4.39 Å². The maximum atomic E-state index is 13.4. The summed E-state index contributed by atoms with van der Waals surface area (Å²) in [4.78, 5) is 26.9. The van der Waals surface area contributed by atoms with Gasteiger partial charge in [-0.15, -0.1) is 0 Å². The number of benzene rings is 4. The van der Waals surface area contributed by atoms with Crippen LogP contribution in [0.15, 0.2) is 83.8 Å². The molecule has 186 valence electrons. The van der Waals surface area contributed by atoms with Crippen LogP contribution in [0.25, 0.3) is 16.8 Å². The summed E-state index contributed by atoms with van der Waals surface area (Å²) in [7, 11) is 1.56. The summed E-state index contributed by atoms with van der Waals surface area (Å²) < 4.78 is 25.0. The van der Waals surface area contributed by atoms with E-state index in [9.17, 15) is 14.0 Å². The molecule has 1 aliphatic heterocycles. The van der Waals surface area contributed by atoms with Crippen molar-refractivity contribution in [2.24, 2.45) is 0 Å². The van der Waals surface area contributed by atoms with E-state index < -0.39 is 17.0 Å². The van der Waals surface area contributed by atoms with Crippen molar-refractivity contribution in [3.05, 3.63) is 111 Å². The summed E-state index contributed by atoms with van der Waals surface area (Å²) in [5, 5.41) is 1.97. The van der Waals surface area contributed by atoms with Crippen LogP contribution < -0.4 is 9.47 Å². The number of nitrogens with zero attached hydrogens (tertiary/aromatic N) is 1. The zero-order chi connectivity index (χ0) is 25.9. The molecule has 8 heteroatoms. The van der Waals surface area contributed by atoms with Crippen molar-refractivity contribution in [3.8, 4) is 11.5 Å². The standard InChI is InChI=1S/C29H21ClFNO4S/c1-35-25-12-9-18(13-26(25)36-17-21-7-4-6-19-5-2-3-8-23(19)21)14-27-28(33)32(29(34)37-27)16-20-10-11-22(31)15-24(20)30/h2-15H,16-17H2,1H3/b27-14-. The molecule has 0 aromatic heterocycles. The third-order valence-corrected chi connectivity index (χ3v) is 7.22. The lowest BCUT2D eigenvalue weighted by Crippen LogP contribution is -2.27. The molecule has 0 aliphatic carbocycles. The van der Waals surface area contributed by atoms with Crippen molar-refractivity contribution < 1.29 is 23.5 Å². The van der Waals surface area contributed by atoms with E-state index in [2.05, 4.69) is 18.2 Å². The quantitative estimate of drug-likeness (QED) is 0.231. The predicted molar refractivity (Wildman–Crippen MR) is 144 cm³/mol. The number of fused-ring (bicyclic) bond motifs is 1. The Morgan fingerprint density at radius 2 is 1.76 bits per heavy atom. The zero-order valence-corrected chi connectivity index (χ0v) is 21.3. The topological polar surface area (TPSA) is 55.8 Å². The van der Waals surface area contributed by atoms with Crippen LogP contribution in [-0.2, 0) is 17.9 Å². The Morgan fingerprint density at radius 3 is 2.57 bits per heavy atom. The molecular formula is C29H21ClFNO4S. The van der Waals surface area contributed by atoms with Crippen LogP contribution in [0.4, 0.5) is 9.18 Å². The molecule has 1 heterocycles. The van der Waals surface area contributed by atoms with Gasteiger partial charge in [0.05, 0.1) is 18.6 Å². The van der Waals surface area contributed by atoms with Gasteiger partial charge in [0.2, 0.25) is 0 Å². The van der Waals surface area contributed by atoms with E-state index in [0.717, 1.165) is 39.1 Å². The minimum Gasteiger partial charge on any atom is -0.493 e. The Hall–Kier alpha value is -3.81. The lowest BCUT2D eigenvalue weighted by atomic mass is 10.1. The van der Waals surface area contributed by atoms with Crippen molar-refractivity contribution in [2.45, 2.75) is 13.2 Å². The van der Waals surface area contributed by atoms with Crippen LogP contribution >= 0.6 is 23.4 Å². The van der Waals surface area contributed by atoms with E-state index in [0.29, 0.717) is 29.2 Å². The van der Waals surface area contributed by atoms with Gasteiger partial charge in [0.25, 0.3) is 11.1 Å². The number of halogens is 2. The van der Waals surface area contributed by atoms with Crippen molar-refractivity contribution >= 4 is 51.4 Å². The summed E-state index contributed by atoms with van der Waals surface area (Å²) in [5.41, 5.74) is 2.20. The maximum absolute atomic E-state index is 13.4. The largest absolute Gasteiger partial charge is 0.493 e. The summed E-state index contributed by atoms with van der Waals surface area (Å²) in [5.74, 6) is 0.142. The highest BCUT2D eigenvalue weighted by Crippen LogP contribution is 2.36. The minimum absolute atomic E-state index is 0.0386.